The molecule has 3 N–H and O–H groups in total. The van der Waals surface area contributed by atoms with Crippen LogP contribution in [0.15, 0.2) is 36.7 Å². The Morgan fingerprint density at radius 3 is 2.38 bits per heavy atom. The van der Waals surface area contributed by atoms with Crippen LogP contribution in [0, 0.1) is 5.82 Å². The highest BCUT2D eigenvalue weighted by Crippen LogP contribution is 2.09. The second kappa shape index (κ2) is 4.57. The molecule has 1 aromatic carbocycles. The molecule has 0 spiro atoms. The molecule has 5 heteroatoms. The molecule has 16 heavy (non-hydrogen) atoms. The summed E-state index contributed by atoms with van der Waals surface area (Å²) in [5.74, 6) is 0.382. The van der Waals surface area contributed by atoms with Gasteiger partial charge in [-0.15, -0.1) is 0 Å². The van der Waals surface area contributed by atoms with Crippen LogP contribution in [-0.4, -0.2) is 9.97 Å². The molecule has 0 aliphatic heterocycles. The van der Waals surface area contributed by atoms with Crippen molar-refractivity contribution in [3.8, 4) is 0 Å². The molecule has 4 nitrogen and oxygen atoms in total. The predicted molar refractivity (Wildman–Crippen MR) is 60.2 cm³/mol. The summed E-state index contributed by atoms with van der Waals surface area (Å²) in [5, 5.41) is 3.08. The molecular weight excluding hydrogens is 207 g/mol. The monoisotopic (exact) mass is 218 g/mol. The molecule has 1 heterocycles. The molecule has 0 aliphatic carbocycles. The second-order valence-corrected chi connectivity index (χ2v) is 3.29. The Hall–Kier alpha value is -2.17. The first kappa shape index (κ1) is 10.4. The quantitative estimate of drug-likeness (QED) is 0.824. The van der Waals surface area contributed by atoms with E-state index < -0.39 is 0 Å². The van der Waals surface area contributed by atoms with E-state index in [-0.39, 0.29) is 5.82 Å². The van der Waals surface area contributed by atoms with E-state index in [0.717, 1.165) is 5.69 Å². The lowest BCUT2D eigenvalue weighted by atomic mass is 10.3. The van der Waals surface area contributed by atoms with Crippen molar-refractivity contribution in [2.24, 2.45) is 0 Å². The summed E-state index contributed by atoms with van der Waals surface area (Å²) in [4.78, 5) is 8.08. The van der Waals surface area contributed by atoms with Crippen LogP contribution < -0.4 is 11.1 Å². The van der Waals surface area contributed by atoms with Gasteiger partial charge in [0, 0.05) is 5.69 Å². The zero-order valence-electron chi connectivity index (χ0n) is 8.52. The zero-order chi connectivity index (χ0) is 11.4. The predicted octanol–water partition coefficient (Wildman–Crippen LogP) is 1.81. The number of nitrogen functional groups attached to an aromatic ring is 1. The molecule has 0 unspecified atom stereocenters. The number of hydrogen-bond donors (Lipinski definition) is 2. The number of nitrogens with one attached hydrogen (secondary N) is 1. The van der Waals surface area contributed by atoms with Crippen LogP contribution in [0.2, 0.25) is 0 Å². The van der Waals surface area contributed by atoms with E-state index in [9.17, 15) is 4.39 Å². The minimum Gasteiger partial charge on any atom is -0.396 e. The maximum absolute atomic E-state index is 12.6. The van der Waals surface area contributed by atoms with Gasteiger partial charge in [-0.2, -0.15) is 0 Å². The largest absolute Gasteiger partial charge is 0.396 e. The average Bonchev–Trinajstić information content (AvgIpc) is 2.30. The number of nitrogens with two attached hydrogens (primary N) is 1. The van der Waals surface area contributed by atoms with E-state index in [2.05, 4.69) is 15.3 Å². The number of hydrogen-bond acceptors (Lipinski definition) is 4. The summed E-state index contributed by atoms with van der Waals surface area (Å²) in [7, 11) is 0. The molecule has 82 valence electrons. The molecule has 2 aromatic rings. The minimum absolute atomic E-state index is 0.255. The maximum Gasteiger partial charge on any atom is 0.147 e. The minimum atomic E-state index is -0.255. The third-order valence-electron chi connectivity index (χ3n) is 2.02. The smallest absolute Gasteiger partial charge is 0.147 e. The summed E-state index contributed by atoms with van der Waals surface area (Å²) in [5.41, 5.74) is 6.82. The van der Waals surface area contributed by atoms with Crippen LogP contribution in [0.4, 0.5) is 15.8 Å². The summed E-state index contributed by atoms with van der Waals surface area (Å²) >= 11 is 0. The fraction of sp³-hybridized carbons (Fsp3) is 0.0909. The first-order valence-corrected chi connectivity index (χ1v) is 4.80. The lowest BCUT2D eigenvalue weighted by Crippen LogP contribution is -2.04. The maximum atomic E-state index is 12.6. The Kier molecular flexibility index (Phi) is 2.95. The number of nitrogens with zero attached hydrogens (tertiary/aromatic N) is 2. The van der Waals surface area contributed by atoms with Crippen molar-refractivity contribution in [3.63, 3.8) is 0 Å². The molecule has 2 rings (SSSR count). The van der Waals surface area contributed by atoms with Crippen molar-refractivity contribution in [1.82, 2.24) is 9.97 Å². The summed E-state index contributed by atoms with van der Waals surface area (Å²) in [6.45, 7) is 0.478. The third kappa shape index (κ3) is 2.66. The van der Waals surface area contributed by atoms with Gasteiger partial charge < -0.3 is 11.1 Å². The number of halogens is 1. The molecular formula is C11H11FN4. The van der Waals surface area contributed by atoms with E-state index in [4.69, 9.17) is 5.73 Å². The molecule has 0 bridgehead atoms. The first-order chi connectivity index (χ1) is 7.74. The molecule has 1 aromatic heterocycles. The van der Waals surface area contributed by atoms with E-state index in [0.29, 0.717) is 18.1 Å². The van der Waals surface area contributed by atoms with Gasteiger partial charge in [-0.25, -0.2) is 14.4 Å². The van der Waals surface area contributed by atoms with Crippen LogP contribution in [0.3, 0.4) is 0 Å². The van der Waals surface area contributed by atoms with Gasteiger partial charge in [0.1, 0.15) is 11.6 Å². The Balaban J connectivity index is 1.97. The molecule has 0 aliphatic rings. The summed E-state index contributed by atoms with van der Waals surface area (Å²) in [6, 6.07) is 6.11. The topological polar surface area (TPSA) is 63.8 Å². The van der Waals surface area contributed by atoms with Gasteiger partial charge in [-0.1, -0.05) is 0 Å². The van der Waals surface area contributed by atoms with Crippen molar-refractivity contribution in [2.45, 2.75) is 6.54 Å². The number of rotatable bonds is 3. The standard InChI is InChI=1S/C11H11FN4/c12-8-1-3-10(4-2-8)14-7-11-15-5-9(13)6-16-11/h1-6,14H,7,13H2. The van der Waals surface area contributed by atoms with Crippen LogP contribution in [0.1, 0.15) is 5.82 Å². The highest BCUT2D eigenvalue weighted by atomic mass is 19.1. The van der Waals surface area contributed by atoms with Crippen molar-refractivity contribution < 1.29 is 4.39 Å². The molecule has 0 fully saturated rings. The highest BCUT2D eigenvalue weighted by molar-refractivity contribution is 5.42. The van der Waals surface area contributed by atoms with Crippen molar-refractivity contribution >= 4 is 11.4 Å². The van der Waals surface area contributed by atoms with Crippen molar-refractivity contribution in [1.29, 1.82) is 0 Å². The van der Waals surface area contributed by atoms with Gasteiger partial charge in [0.05, 0.1) is 24.6 Å². The summed E-state index contributed by atoms with van der Waals surface area (Å²) in [6.07, 6.45) is 3.10. The molecule has 0 atom stereocenters. The fourth-order valence-electron chi connectivity index (χ4n) is 1.20. The molecule has 0 saturated carbocycles. The molecule has 0 saturated heterocycles. The number of aromatic nitrogens is 2. The Bertz CT molecular complexity index is 407. The van der Waals surface area contributed by atoms with Gasteiger partial charge in [0.15, 0.2) is 0 Å². The Morgan fingerprint density at radius 2 is 1.75 bits per heavy atom. The van der Waals surface area contributed by atoms with E-state index in [1.807, 2.05) is 0 Å². The highest BCUT2D eigenvalue weighted by Gasteiger charge is 1.97. The lowest BCUT2D eigenvalue weighted by molar-refractivity contribution is 0.628. The van der Waals surface area contributed by atoms with Gasteiger partial charge in [-0.05, 0) is 24.3 Å². The van der Waals surface area contributed by atoms with E-state index in [1.165, 1.54) is 12.1 Å². The van der Waals surface area contributed by atoms with E-state index >= 15 is 0 Å². The Labute approximate surface area is 92.3 Å². The van der Waals surface area contributed by atoms with Crippen LogP contribution >= 0.6 is 0 Å². The number of benzene rings is 1. The van der Waals surface area contributed by atoms with Gasteiger partial charge in [0.2, 0.25) is 0 Å². The van der Waals surface area contributed by atoms with Gasteiger partial charge in [-0.3, -0.25) is 0 Å². The summed E-state index contributed by atoms with van der Waals surface area (Å²) < 4.78 is 12.6. The first-order valence-electron chi connectivity index (χ1n) is 4.80. The van der Waals surface area contributed by atoms with Crippen molar-refractivity contribution in [2.75, 3.05) is 11.1 Å². The molecule has 0 radical (unpaired) electrons. The fourth-order valence-corrected chi connectivity index (χ4v) is 1.20. The van der Waals surface area contributed by atoms with Gasteiger partial charge >= 0.3 is 0 Å². The number of anilines is 2. The van der Waals surface area contributed by atoms with Crippen LogP contribution in [-0.2, 0) is 6.54 Å². The third-order valence-corrected chi connectivity index (χ3v) is 2.02. The zero-order valence-corrected chi connectivity index (χ0v) is 8.52. The SMILES string of the molecule is Nc1cnc(CNc2ccc(F)cc2)nc1. The van der Waals surface area contributed by atoms with Gasteiger partial charge in [0.25, 0.3) is 0 Å². The molecule has 0 amide bonds. The van der Waals surface area contributed by atoms with Crippen molar-refractivity contribution in [3.05, 3.63) is 48.3 Å². The average molecular weight is 218 g/mol. The lowest BCUT2D eigenvalue weighted by Gasteiger charge is -2.04. The van der Waals surface area contributed by atoms with Crippen LogP contribution in [0.25, 0.3) is 0 Å². The van der Waals surface area contributed by atoms with Crippen LogP contribution in [0.5, 0.6) is 0 Å². The normalized spacial score (nSPS) is 10.1. The Morgan fingerprint density at radius 1 is 1.12 bits per heavy atom. The second-order valence-electron chi connectivity index (χ2n) is 3.29. The van der Waals surface area contributed by atoms with E-state index in [1.54, 1.807) is 24.5 Å².